The van der Waals surface area contributed by atoms with Crippen molar-refractivity contribution < 1.29 is 4.79 Å². The number of nitrogens with zero attached hydrogens (tertiary/aromatic N) is 2. The van der Waals surface area contributed by atoms with Gasteiger partial charge in [0.25, 0.3) is 5.91 Å². The van der Waals surface area contributed by atoms with Gasteiger partial charge in [0.15, 0.2) is 0 Å². The van der Waals surface area contributed by atoms with Crippen LogP contribution in [0.25, 0.3) is 5.69 Å². The number of aryl methyl sites for hydroxylation is 1. The van der Waals surface area contributed by atoms with Crippen LogP contribution in [0.5, 0.6) is 0 Å². The lowest BCUT2D eigenvalue weighted by molar-refractivity contribution is 0.102. The fourth-order valence-electron chi connectivity index (χ4n) is 2.38. The second-order valence-corrected chi connectivity index (χ2v) is 6.22. The topological polar surface area (TPSA) is 46.9 Å². The van der Waals surface area contributed by atoms with E-state index in [1.165, 1.54) is 0 Å². The Hall–Kier alpha value is -2.40. The van der Waals surface area contributed by atoms with Gasteiger partial charge in [-0.2, -0.15) is 5.10 Å². The summed E-state index contributed by atoms with van der Waals surface area (Å²) in [6.07, 6.45) is 1.60. The summed E-state index contributed by atoms with van der Waals surface area (Å²) < 4.78 is 2.77. The summed E-state index contributed by atoms with van der Waals surface area (Å²) in [7, 11) is 0. The zero-order chi connectivity index (χ0) is 16.4. The molecule has 1 amide bonds. The molecule has 1 heterocycles. The number of hydrogen-bond acceptors (Lipinski definition) is 2. The molecule has 1 N–H and O–H groups in total. The molecule has 1 aromatic heterocycles. The number of nitrogens with one attached hydrogen (secondary N) is 1. The molecule has 0 spiro atoms. The maximum atomic E-state index is 12.5. The lowest BCUT2D eigenvalue weighted by Crippen LogP contribution is -2.13. The molecule has 5 heteroatoms. The van der Waals surface area contributed by atoms with Crippen molar-refractivity contribution in [2.24, 2.45) is 0 Å². The molecule has 0 atom stereocenters. The second-order valence-electron chi connectivity index (χ2n) is 5.30. The molecule has 3 aromatic rings. The standard InChI is InChI=1S/C18H16BrN3O/c1-12-5-3-4-6-17(12)21-18(23)16-11-20-22(13(16)2)15-9-7-14(19)8-10-15/h3-11H,1-2H3,(H,21,23). The van der Waals surface area contributed by atoms with Gasteiger partial charge in [-0.1, -0.05) is 34.1 Å². The second kappa shape index (κ2) is 6.38. The van der Waals surface area contributed by atoms with Crippen LogP contribution >= 0.6 is 15.9 Å². The van der Waals surface area contributed by atoms with Gasteiger partial charge in [-0.25, -0.2) is 4.68 Å². The van der Waals surface area contributed by atoms with E-state index in [0.29, 0.717) is 5.56 Å². The minimum absolute atomic E-state index is 0.153. The Kier molecular flexibility index (Phi) is 4.30. The molecule has 0 bridgehead atoms. The summed E-state index contributed by atoms with van der Waals surface area (Å²) in [5.41, 5.74) is 4.13. The van der Waals surface area contributed by atoms with Crippen molar-refractivity contribution in [2.75, 3.05) is 5.32 Å². The molecular formula is C18H16BrN3O. The van der Waals surface area contributed by atoms with E-state index in [-0.39, 0.29) is 5.91 Å². The van der Waals surface area contributed by atoms with E-state index in [1.807, 2.05) is 62.4 Å². The largest absolute Gasteiger partial charge is 0.322 e. The molecule has 0 unspecified atom stereocenters. The Morgan fingerprint density at radius 1 is 1.09 bits per heavy atom. The normalized spacial score (nSPS) is 10.6. The van der Waals surface area contributed by atoms with E-state index >= 15 is 0 Å². The van der Waals surface area contributed by atoms with Gasteiger partial charge in [0.05, 0.1) is 23.1 Å². The van der Waals surface area contributed by atoms with E-state index in [2.05, 4.69) is 26.3 Å². The third kappa shape index (κ3) is 3.19. The summed E-state index contributed by atoms with van der Waals surface area (Å²) >= 11 is 3.41. The highest BCUT2D eigenvalue weighted by molar-refractivity contribution is 9.10. The number of carbonyl (C=O) groups excluding carboxylic acids is 1. The lowest BCUT2D eigenvalue weighted by Gasteiger charge is -2.08. The lowest BCUT2D eigenvalue weighted by atomic mass is 10.2. The van der Waals surface area contributed by atoms with Gasteiger partial charge in [-0.3, -0.25) is 4.79 Å². The highest BCUT2D eigenvalue weighted by atomic mass is 79.9. The number of aromatic nitrogens is 2. The first-order chi connectivity index (χ1) is 11.1. The van der Waals surface area contributed by atoms with E-state index < -0.39 is 0 Å². The summed E-state index contributed by atoms with van der Waals surface area (Å²) in [5, 5.41) is 7.28. The smallest absolute Gasteiger partial charge is 0.259 e. The van der Waals surface area contributed by atoms with Gasteiger partial charge in [0.2, 0.25) is 0 Å². The number of carbonyl (C=O) groups is 1. The molecule has 0 saturated carbocycles. The Bertz CT molecular complexity index is 853. The maximum Gasteiger partial charge on any atom is 0.259 e. The first-order valence-corrected chi connectivity index (χ1v) is 8.03. The first kappa shape index (κ1) is 15.5. The summed E-state index contributed by atoms with van der Waals surface area (Å²) in [6.45, 7) is 3.86. The monoisotopic (exact) mass is 369 g/mol. The number of halogens is 1. The van der Waals surface area contributed by atoms with Gasteiger partial charge in [-0.05, 0) is 49.7 Å². The number of amides is 1. The van der Waals surface area contributed by atoms with Crippen LogP contribution in [-0.2, 0) is 0 Å². The molecule has 0 radical (unpaired) electrons. The molecule has 0 aliphatic heterocycles. The van der Waals surface area contributed by atoms with E-state index in [9.17, 15) is 4.79 Å². The van der Waals surface area contributed by atoms with Crippen LogP contribution < -0.4 is 5.32 Å². The van der Waals surface area contributed by atoms with E-state index in [4.69, 9.17) is 0 Å². The molecule has 0 aliphatic carbocycles. The highest BCUT2D eigenvalue weighted by Crippen LogP contribution is 2.19. The third-order valence-electron chi connectivity index (χ3n) is 3.72. The zero-order valence-corrected chi connectivity index (χ0v) is 14.5. The molecular weight excluding hydrogens is 354 g/mol. The Labute approximate surface area is 143 Å². The van der Waals surface area contributed by atoms with Crippen LogP contribution in [0.15, 0.2) is 59.2 Å². The first-order valence-electron chi connectivity index (χ1n) is 7.24. The van der Waals surface area contributed by atoms with Gasteiger partial charge in [-0.15, -0.1) is 0 Å². The molecule has 3 rings (SSSR count). The van der Waals surface area contributed by atoms with Crippen LogP contribution in [0.2, 0.25) is 0 Å². The van der Waals surface area contributed by atoms with Crippen molar-refractivity contribution in [2.45, 2.75) is 13.8 Å². The van der Waals surface area contributed by atoms with Crippen LogP contribution in [0.3, 0.4) is 0 Å². The third-order valence-corrected chi connectivity index (χ3v) is 4.25. The van der Waals surface area contributed by atoms with Crippen LogP contribution in [0, 0.1) is 13.8 Å². The summed E-state index contributed by atoms with van der Waals surface area (Å²) in [6, 6.07) is 15.5. The van der Waals surface area contributed by atoms with Crippen molar-refractivity contribution in [3.63, 3.8) is 0 Å². The predicted octanol–water partition coefficient (Wildman–Crippen LogP) is 4.50. The number of rotatable bonds is 3. The van der Waals surface area contributed by atoms with Crippen molar-refractivity contribution in [1.82, 2.24) is 9.78 Å². The average Bonchev–Trinajstić information content (AvgIpc) is 2.92. The molecule has 0 fully saturated rings. The molecule has 23 heavy (non-hydrogen) atoms. The minimum Gasteiger partial charge on any atom is -0.322 e. The zero-order valence-electron chi connectivity index (χ0n) is 12.9. The molecule has 0 aliphatic rings. The minimum atomic E-state index is -0.153. The van der Waals surface area contributed by atoms with Gasteiger partial charge >= 0.3 is 0 Å². The number of anilines is 1. The molecule has 2 aromatic carbocycles. The quantitative estimate of drug-likeness (QED) is 0.738. The Morgan fingerprint density at radius 3 is 2.48 bits per heavy atom. The predicted molar refractivity (Wildman–Crippen MR) is 95.1 cm³/mol. The van der Waals surface area contributed by atoms with Gasteiger partial charge in [0.1, 0.15) is 0 Å². The molecule has 4 nitrogen and oxygen atoms in total. The van der Waals surface area contributed by atoms with Crippen molar-refractivity contribution >= 4 is 27.5 Å². The Morgan fingerprint density at radius 2 is 1.78 bits per heavy atom. The van der Waals surface area contributed by atoms with Crippen LogP contribution in [0.4, 0.5) is 5.69 Å². The van der Waals surface area contributed by atoms with Crippen LogP contribution in [-0.4, -0.2) is 15.7 Å². The molecule has 0 saturated heterocycles. The fourth-order valence-corrected chi connectivity index (χ4v) is 2.64. The van der Waals surface area contributed by atoms with Gasteiger partial charge < -0.3 is 5.32 Å². The van der Waals surface area contributed by atoms with E-state index in [1.54, 1.807) is 10.9 Å². The number of benzene rings is 2. The van der Waals surface area contributed by atoms with Crippen molar-refractivity contribution in [1.29, 1.82) is 0 Å². The fraction of sp³-hybridized carbons (Fsp3) is 0.111. The number of para-hydroxylation sites is 1. The SMILES string of the molecule is Cc1ccccc1NC(=O)c1cnn(-c2ccc(Br)cc2)c1C. The molecule has 116 valence electrons. The van der Waals surface area contributed by atoms with Crippen molar-refractivity contribution in [3.05, 3.63) is 76.0 Å². The maximum absolute atomic E-state index is 12.5. The highest BCUT2D eigenvalue weighted by Gasteiger charge is 2.15. The van der Waals surface area contributed by atoms with E-state index in [0.717, 1.165) is 27.1 Å². The summed E-state index contributed by atoms with van der Waals surface area (Å²) in [4.78, 5) is 12.5. The Balaban J connectivity index is 1.88. The van der Waals surface area contributed by atoms with Gasteiger partial charge in [0, 0.05) is 10.2 Å². The number of hydrogen-bond donors (Lipinski definition) is 1. The van der Waals surface area contributed by atoms with Crippen LogP contribution in [0.1, 0.15) is 21.6 Å². The van der Waals surface area contributed by atoms with Crippen molar-refractivity contribution in [3.8, 4) is 5.69 Å². The summed E-state index contributed by atoms with van der Waals surface area (Å²) in [5.74, 6) is -0.153. The average molecular weight is 370 g/mol.